The second kappa shape index (κ2) is 12.7. The van der Waals surface area contributed by atoms with Gasteiger partial charge in [-0.3, -0.25) is 9.59 Å². The van der Waals surface area contributed by atoms with Crippen LogP contribution in [-0.2, 0) is 14.3 Å². The van der Waals surface area contributed by atoms with Crippen LogP contribution in [0.5, 0.6) is 0 Å². The highest BCUT2D eigenvalue weighted by molar-refractivity contribution is 5.99. The van der Waals surface area contributed by atoms with Crippen LogP contribution < -0.4 is 10.6 Å². The fraction of sp³-hybridized carbons (Fsp3) is 0.483. The van der Waals surface area contributed by atoms with Crippen LogP contribution in [0, 0.1) is 20.8 Å². The van der Waals surface area contributed by atoms with E-state index in [9.17, 15) is 19.5 Å². The third kappa shape index (κ3) is 8.05. The minimum absolute atomic E-state index is 0.380. The fourth-order valence-electron chi connectivity index (χ4n) is 4.00. The van der Waals surface area contributed by atoms with Crippen molar-refractivity contribution in [1.29, 1.82) is 0 Å². The first-order valence-corrected chi connectivity index (χ1v) is 12.6. The van der Waals surface area contributed by atoms with Crippen molar-refractivity contribution in [2.75, 3.05) is 11.9 Å². The SMILES string of the molecule is CCC(C)N(C(=O)C(CO)NC(=O)OC(C)(C)C)C(C(=O)Nc1ccccc1C)c1cc(C)ccc1C. The van der Waals surface area contributed by atoms with Crippen molar-refractivity contribution in [3.8, 4) is 0 Å². The molecule has 3 N–H and O–H groups in total. The highest BCUT2D eigenvalue weighted by atomic mass is 16.6. The fourth-order valence-corrected chi connectivity index (χ4v) is 4.00. The van der Waals surface area contributed by atoms with Gasteiger partial charge >= 0.3 is 6.09 Å². The van der Waals surface area contributed by atoms with Crippen LogP contribution in [0.4, 0.5) is 10.5 Å². The molecule has 37 heavy (non-hydrogen) atoms. The second-order valence-corrected chi connectivity index (χ2v) is 10.5. The molecule has 0 radical (unpaired) electrons. The van der Waals surface area contributed by atoms with E-state index < -0.39 is 36.3 Å². The molecule has 2 rings (SSSR count). The molecule has 2 aromatic carbocycles. The van der Waals surface area contributed by atoms with E-state index in [-0.39, 0.29) is 11.9 Å². The molecule has 0 aliphatic rings. The Balaban J connectivity index is 2.58. The quantitative estimate of drug-likeness (QED) is 0.448. The number of nitrogens with one attached hydrogen (secondary N) is 2. The summed E-state index contributed by atoms with van der Waals surface area (Å²) in [5.74, 6) is -0.959. The third-order valence-electron chi connectivity index (χ3n) is 6.15. The number of hydrogen-bond donors (Lipinski definition) is 3. The first-order valence-electron chi connectivity index (χ1n) is 12.6. The van der Waals surface area contributed by atoms with E-state index in [1.165, 1.54) is 4.90 Å². The van der Waals surface area contributed by atoms with Gasteiger partial charge in [0.2, 0.25) is 5.91 Å². The highest BCUT2D eigenvalue weighted by Crippen LogP contribution is 2.30. The molecule has 3 atom stereocenters. The number of benzene rings is 2. The van der Waals surface area contributed by atoms with E-state index in [2.05, 4.69) is 10.6 Å². The zero-order valence-corrected chi connectivity index (χ0v) is 23.2. The molecular weight excluding hydrogens is 470 g/mol. The summed E-state index contributed by atoms with van der Waals surface area (Å²) in [6.45, 7) is 14.0. The maximum atomic E-state index is 13.9. The van der Waals surface area contributed by atoms with Gasteiger partial charge in [-0.15, -0.1) is 0 Å². The van der Waals surface area contributed by atoms with E-state index >= 15 is 0 Å². The lowest BCUT2D eigenvalue weighted by Crippen LogP contribution is -2.56. The molecule has 8 heteroatoms. The predicted octanol–water partition coefficient (Wildman–Crippen LogP) is 4.80. The number of nitrogens with zero attached hydrogens (tertiary/aromatic N) is 1. The molecule has 0 heterocycles. The zero-order valence-electron chi connectivity index (χ0n) is 23.2. The second-order valence-electron chi connectivity index (χ2n) is 10.5. The Morgan fingerprint density at radius 3 is 2.24 bits per heavy atom. The summed E-state index contributed by atoms with van der Waals surface area (Å²) in [4.78, 5) is 41.8. The summed E-state index contributed by atoms with van der Waals surface area (Å²) in [5, 5.41) is 15.6. The Morgan fingerprint density at radius 2 is 1.68 bits per heavy atom. The Morgan fingerprint density at radius 1 is 1.03 bits per heavy atom. The third-order valence-corrected chi connectivity index (χ3v) is 6.15. The molecular formula is C29H41N3O5. The average molecular weight is 512 g/mol. The van der Waals surface area contributed by atoms with E-state index in [4.69, 9.17) is 4.74 Å². The molecule has 3 amide bonds. The van der Waals surface area contributed by atoms with E-state index in [1.54, 1.807) is 20.8 Å². The van der Waals surface area contributed by atoms with Crippen molar-refractivity contribution in [1.82, 2.24) is 10.2 Å². The van der Waals surface area contributed by atoms with Gasteiger partial charge in [0.05, 0.1) is 6.61 Å². The van der Waals surface area contributed by atoms with Crippen LogP contribution in [0.15, 0.2) is 42.5 Å². The smallest absolute Gasteiger partial charge is 0.408 e. The van der Waals surface area contributed by atoms with Gasteiger partial charge in [0.15, 0.2) is 0 Å². The van der Waals surface area contributed by atoms with Crippen LogP contribution in [-0.4, -0.2) is 52.2 Å². The average Bonchev–Trinajstić information content (AvgIpc) is 2.82. The summed E-state index contributed by atoms with van der Waals surface area (Å²) in [6.07, 6.45) is -0.272. The number of aliphatic hydroxyl groups excluding tert-OH is 1. The molecule has 2 aromatic rings. The zero-order chi connectivity index (χ0) is 27.9. The summed E-state index contributed by atoms with van der Waals surface area (Å²) in [6, 6.07) is 10.5. The van der Waals surface area contributed by atoms with Gasteiger partial charge in [-0.2, -0.15) is 0 Å². The number of aliphatic hydroxyl groups is 1. The van der Waals surface area contributed by atoms with Crippen molar-refractivity contribution in [2.24, 2.45) is 0 Å². The van der Waals surface area contributed by atoms with Gasteiger partial charge in [-0.25, -0.2) is 4.79 Å². The summed E-state index contributed by atoms with van der Waals surface area (Å²) in [7, 11) is 0. The van der Waals surface area contributed by atoms with Crippen molar-refractivity contribution < 1.29 is 24.2 Å². The van der Waals surface area contributed by atoms with Gasteiger partial charge in [0.25, 0.3) is 5.91 Å². The highest BCUT2D eigenvalue weighted by Gasteiger charge is 2.39. The molecule has 0 fully saturated rings. The number of alkyl carbamates (subject to hydrolysis) is 1. The van der Waals surface area contributed by atoms with Gasteiger partial charge in [0.1, 0.15) is 17.7 Å². The molecule has 0 spiro atoms. The lowest BCUT2D eigenvalue weighted by atomic mass is 9.94. The number of carbonyl (C=O) groups excluding carboxylic acids is 3. The number of aryl methyl sites for hydroxylation is 3. The molecule has 202 valence electrons. The van der Waals surface area contributed by atoms with Crippen LogP contribution in [0.1, 0.15) is 69.3 Å². The summed E-state index contributed by atoms with van der Waals surface area (Å²) in [5.41, 5.74) is 3.21. The molecule has 8 nitrogen and oxygen atoms in total. The van der Waals surface area contributed by atoms with Crippen LogP contribution >= 0.6 is 0 Å². The number of amides is 3. The number of hydrogen-bond acceptors (Lipinski definition) is 5. The van der Waals surface area contributed by atoms with Gasteiger partial charge < -0.3 is 25.4 Å². The minimum atomic E-state index is -1.29. The van der Waals surface area contributed by atoms with Gasteiger partial charge in [-0.1, -0.05) is 48.9 Å². The predicted molar refractivity (Wildman–Crippen MR) is 145 cm³/mol. The van der Waals surface area contributed by atoms with Crippen molar-refractivity contribution in [3.63, 3.8) is 0 Å². The van der Waals surface area contributed by atoms with E-state index in [0.717, 1.165) is 16.7 Å². The topological polar surface area (TPSA) is 108 Å². The lowest BCUT2D eigenvalue weighted by molar-refractivity contribution is -0.144. The number of rotatable bonds is 9. The maximum absolute atomic E-state index is 13.9. The summed E-state index contributed by atoms with van der Waals surface area (Å²) >= 11 is 0. The first-order chi connectivity index (χ1) is 17.3. The van der Waals surface area contributed by atoms with Gasteiger partial charge in [0, 0.05) is 11.7 Å². The number of carbonyl (C=O) groups is 3. The Kier molecular flexibility index (Phi) is 10.3. The maximum Gasteiger partial charge on any atom is 0.408 e. The monoisotopic (exact) mass is 511 g/mol. The number of para-hydroxylation sites is 1. The van der Waals surface area contributed by atoms with Gasteiger partial charge in [-0.05, 0) is 77.6 Å². The molecule has 0 saturated carbocycles. The largest absolute Gasteiger partial charge is 0.444 e. The molecule has 0 aliphatic carbocycles. The van der Waals surface area contributed by atoms with Crippen molar-refractivity contribution in [3.05, 3.63) is 64.7 Å². The van der Waals surface area contributed by atoms with Crippen molar-refractivity contribution in [2.45, 2.75) is 85.5 Å². The molecule has 0 aromatic heterocycles. The molecule has 0 aliphatic heterocycles. The van der Waals surface area contributed by atoms with Crippen LogP contribution in [0.25, 0.3) is 0 Å². The summed E-state index contributed by atoms with van der Waals surface area (Å²) < 4.78 is 5.30. The number of ether oxygens (including phenoxy) is 1. The Hall–Kier alpha value is -3.39. The van der Waals surface area contributed by atoms with Crippen LogP contribution in [0.2, 0.25) is 0 Å². The van der Waals surface area contributed by atoms with E-state index in [1.807, 2.05) is 77.1 Å². The first kappa shape index (κ1) is 29.8. The lowest BCUT2D eigenvalue weighted by Gasteiger charge is -2.38. The Bertz CT molecular complexity index is 1110. The van der Waals surface area contributed by atoms with E-state index in [0.29, 0.717) is 17.7 Å². The van der Waals surface area contributed by atoms with Crippen molar-refractivity contribution >= 4 is 23.6 Å². The molecule has 3 unspecified atom stereocenters. The standard InChI is InChI=1S/C29H41N3O5/c1-9-21(5)32(27(35)24(17-33)31-28(36)37-29(6,7)8)25(22-16-18(2)14-15-19(22)3)26(34)30-23-13-11-10-12-20(23)4/h10-16,21,24-25,33H,9,17H2,1-8H3,(H,30,34)(H,31,36). The Labute approximate surface area is 220 Å². The number of anilines is 1. The molecule has 0 saturated heterocycles. The minimum Gasteiger partial charge on any atom is -0.444 e. The molecule has 0 bridgehead atoms. The normalized spacial score (nSPS) is 13.8. The van der Waals surface area contributed by atoms with Crippen LogP contribution in [0.3, 0.4) is 0 Å².